The van der Waals surface area contributed by atoms with Crippen molar-refractivity contribution in [3.05, 3.63) is 29.8 Å². The van der Waals surface area contributed by atoms with E-state index < -0.39 is 0 Å². The number of nitrogens with zero attached hydrogens (tertiary/aromatic N) is 1. The highest BCUT2D eigenvalue weighted by atomic mass is 16.5. The molecule has 1 aromatic carbocycles. The molecule has 0 saturated heterocycles. The monoisotopic (exact) mass is 275 g/mol. The summed E-state index contributed by atoms with van der Waals surface area (Å²) in [5, 5.41) is 13.6. The Bertz CT molecular complexity index is 491. The maximum absolute atomic E-state index is 11.8. The van der Waals surface area contributed by atoms with Crippen LogP contribution in [0.2, 0.25) is 0 Å². The van der Waals surface area contributed by atoms with Crippen molar-refractivity contribution >= 4 is 11.8 Å². The number of rotatable bonds is 7. The zero-order valence-corrected chi connectivity index (χ0v) is 11.3. The normalized spacial score (nSPS) is 9.40. The Morgan fingerprint density at radius 3 is 2.45 bits per heavy atom. The van der Waals surface area contributed by atoms with Crippen LogP contribution in [-0.2, 0) is 4.79 Å². The molecular weight excluding hydrogens is 258 g/mol. The fourth-order valence-electron chi connectivity index (χ4n) is 1.50. The Kier molecular flexibility index (Phi) is 6.62. The molecular formula is C14H17N3O3. The van der Waals surface area contributed by atoms with Gasteiger partial charge < -0.3 is 15.4 Å². The van der Waals surface area contributed by atoms with Crippen molar-refractivity contribution in [1.29, 1.82) is 5.26 Å². The fourth-order valence-corrected chi connectivity index (χ4v) is 1.50. The average Bonchev–Trinajstić information content (AvgIpc) is 2.47. The molecule has 0 aromatic heterocycles. The van der Waals surface area contributed by atoms with Gasteiger partial charge in [-0.15, -0.1) is 0 Å². The molecule has 0 unspecified atom stereocenters. The second-order valence-corrected chi connectivity index (χ2v) is 4.02. The highest BCUT2D eigenvalue weighted by Crippen LogP contribution is 2.10. The number of nitriles is 1. The van der Waals surface area contributed by atoms with Gasteiger partial charge >= 0.3 is 0 Å². The summed E-state index contributed by atoms with van der Waals surface area (Å²) in [5.41, 5.74) is 0.555. The lowest BCUT2D eigenvalue weighted by Crippen LogP contribution is -2.29. The van der Waals surface area contributed by atoms with Gasteiger partial charge in [0.25, 0.3) is 5.91 Å². The summed E-state index contributed by atoms with van der Waals surface area (Å²) in [5.74, 6) is 0.228. The van der Waals surface area contributed by atoms with Crippen molar-refractivity contribution in [3.63, 3.8) is 0 Å². The van der Waals surface area contributed by atoms with Gasteiger partial charge in [0, 0.05) is 18.7 Å². The van der Waals surface area contributed by atoms with Gasteiger partial charge in [-0.3, -0.25) is 9.59 Å². The van der Waals surface area contributed by atoms with E-state index in [9.17, 15) is 9.59 Å². The first-order valence-corrected chi connectivity index (χ1v) is 6.23. The van der Waals surface area contributed by atoms with Crippen LogP contribution in [0.3, 0.4) is 0 Å². The first-order chi connectivity index (χ1) is 9.67. The Morgan fingerprint density at radius 1 is 1.20 bits per heavy atom. The van der Waals surface area contributed by atoms with Crippen LogP contribution in [-0.4, -0.2) is 32.0 Å². The van der Waals surface area contributed by atoms with E-state index in [4.69, 9.17) is 10.00 Å². The molecule has 6 heteroatoms. The smallest absolute Gasteiger partial charge is 0.251 e. The summed E-state index contributed by atoms with van der Waals surface area (Å²) < 4.78 is 5.01. The van der Waals surface area contributed by atoms with Crippen molar-refractivity contribution in [2.45, 2.75) is 12.8 Å². The molecule has 20 heavy (non-hydrogen) atoms. The minimum Gasteiger partial charge on any atom is -0.497 e. The van der Waals surface area contributed by atoms with E-state index in [1.807, 2.05) is 0 Å². The van der Waals surface area contributed by atoms with Gasteiger partial charge in [-0.05, 0) is 30.7 Å². The maximum Gasteiger partial charge on any atom is 0.251 e. The third-order valence-corrected chi connectivity index (χ3v) is 2.55. The van der Waals surface area contributed by atoms with Gasteiger partial charge in [-0.25, -0.2) is 0 Å². The maximum atomic E-state index is 11.8. The molecule has 106 valence electrons. The van der Waals surface area contributed by atoms with Crippen molar-refractivity contribution in [2.24, 2.45) is 0 Å². The number of carbonyl (C=O) groups excluding carboxylic acids is 2. The average molecular weight is 275 g/mol. The van der Waals surface area contributed by atoms with Crippen molar-refractivity contribution in [1.82, 2.24) is 10.6 Å². The van der Waals surface area contributed by atoms with Crippen molar-refractivity contribution in [3.8, 4) is 11.8 Å². The van der Waals surface area contributed by atoms with Gasteiger partial charge in [-0.1, -0.05) is 0 Å². The van der Waals surface area contributed by atoms with Gasteiger partial charge in [0.2, 0.25) is 5.91 Å². The molecule has 2 N–H and O–H groups in total. The van der Waals surface area contributed by atoms with E-state index in [2.05, 4.69) is 10.6 Å². The number of ether oxygens (including phenoxy) is 1. The van der Waals surface area contributed by atoms with Gasteiger partial charge in [0.05, 0.1) is 13.2 Å². The second kappa shape index (κ2) is 8.53. The topological polar surface area (TPSA) is 91.2 Å². The molecule has 0 fully saturated rings. The molecule has 0 spiro atoms. The number of carbonyl (C=O) groups is 2. The summed E-state index contributed by atoms with van der Waals surface area (Å²) in [4.78, 5) is 22.8. The molecule has 0 atom stereocenters. The fraction of sp³-hybridized carbons (Fsp3) is 0.357. The molecule has 0 aliphatic carbocycles. The zero-order chi connectivity index (χ0) is 14.8. The van der Waals surface area contributed by atoms with E-state index in [-0.39, 0.29) is 18.2 Å². The van der Waals surface area contributed by atoms with E-state index >= 15 is 0 Å². The summed E-state index contributed by atoms with van der Waals surface area (Å²) in [7, 11) is 1.57. The second-order valence-electron chi connectivity index (χ2n) is 4.02. The van der Waals surface area contributed by atoms with Crippen molar-refractivity contribution < 1.29 is 14.3 Å². The summed E-state index contributed by atoms with van der Waals surface area (Å²) >= 11 is 0. The first-order valence-electron chi connectivity index (χ1n) is 6.23. The van der Waals surface area contributed by atoms with Gasteiger partial charge in [0.1, 0.15) is 12.2 Å². The van der Waals surface area contributed by atoms with Gasteiger partial charge in [-0.2, -0.15) is 5.26 Å². The number of amides is 2. The van der Waals surface area contributed by atoms with E-state index in [1.54, 1.807) is 37.4 Å². The van der Waals surface area contributed by atoms with Crippen LogP contribution in [0, 0.1) is 11.3 Å². The summed E-state index contributed by atoms with van der Waals surface area (Å²) in [6, 6.07) is 8.57. The quantitative estimate of drug-likeness (QED) is 0.721. The number of nitrogens with one attached hydrogen (secondary N) is 2. The lowest BCUT2D eigenvalue weighted by Gasteiger charge is -2.06. The molecule has 0 aliphatic rings. The summed E-state index contributed by atoms with van der Waals surface area (Å²) in [6.45, 7) is 0.890. The van der Waals surface area contributed by atoms with Crippen LogP contribution in [0.1, 0.15) is 23.2 Å². The summed E-state index contributed by atoms with van der Waals surface area (Å²) in [6.07, 6.45) is 0.470. The molecule has 0 bridgehead atoms. The van der Waals surface area contributed by atoms with Crippen LogP contribution in [0.5, 0.6) is 5.75 Å². The largest absolute Gasteiger partial charge is 0.497 e. The first kappa shape index (κ1) is 15.5. The van der Waals surface area contributed by atoms with Crippen LogP contribution in [0.15, 0.2) is 24.3 Å². The molecule has 0 radical (unpaired) electrons. The number of methoxy groups -OCH3 is 1. The van der Waals surface area contributed by atoms with E-state index in [1.165, 1.54) is 0 Å². The van der Waals surface area contributed by atoms with Crippen LogP contribution < -0.4 is 15.4 Å². The number of hydrogen-bond donors (Lipinski definition) is 2. The predicted octanol–water partition coefficient (Wildman–Crippen LogP) is 0.845. The highest BCUT2D eigenvalue weighted by molar-refractivity contribution is 5.94. The Balaban J connectivity index is 2.23. The van der Waals surface area contributed by atoms with Crippen LogP contribution >= 0.6 is 0 Å². The van der Waals surface area contributed by atoms with Crippen LogP contribution in [0.4, 0.5) is 0 Å². The molecule has 6 nitrogen and oxygen atoms in total. The van der Waals surface area contributed by atoms with Crippen molar-refractivity contribution in [2.75, 3.05) is 20.2 Å². The Labute approximate surface area is 117 Å². The highest BCUT2D eigenvalue weighted by Gasteiger charge is 2.04. The van der Waals surface area contributed by atoms with Crippen LogP contribution in [0.25, 0.3) is 0 Å². The molecule has 0 aliphatic heterocycles. The Hall–Kier alpha value is -2.55. The Morgan fingerprint density at radius 2 is 1.85 bits per heavy atom. The molecule has 0 heterocycles. The third-order valence-electron chi connectivity index (χ3n) is 2.55. The van der Waals surface area contributed by atoms with Gasteiger partial charge in [0.15, 0.2) is 0 Å². The minimum absolute atomic E-state index is 0.141. The predicted molar refractivity (Wildman–Crippen MR) is 73.2 cm³/mol. The molecule has 0 saturated carbocycles. The van der Waals surface area contributed by atoms with E-state index in [0.717, 1.165) is 0 Å². The molecule has 1 aromatic rings. The number of hydrogen-bond acceptors (Lipinski definition) is 4. The minimum atomic E-state index is -0.297. The number of benzene rings is 1. The zero-order valence-electron chi connectivity index (χ0n) is 11.3. The van der Waals surface area contributed by atoms with E-state index in [0.29, 0.717) is 30.8 Å². The lowest BCUT2D eigenvalue weighted by atomic mass is 10.2. The molecule has 2 amide bonds. The third kappa shape index (κ3) is 5.40. The lowest BCUT2D eigenvalue weighted by molar-refractivity contribution is -0.120. The SMILES string of the molecule is COc1ccc(C(=O)NCCCNC(=O)CC#N)cc1. The standard InChI is InChI=1S/C14H17N3O3/c1-20-12-5-3-11(4-6-12)14(19)17-10-2-9-16-13(18)7-8-15/h3-6H,2,7,9-10H2,1H3,(H,16,18)(H,17,19). The molecule has 1 rings (SSSR count).